The molecule has 4 heteroatoms. The maximum absolute atomic E-state index is 11.8. The largest absolute Gasteiger partial charge is 0.465 e. The lowest BCUT2D eigenvalue weighted by atomic mass is 10.2. The lowest BCUT2D eigenvalue weighted by molar-refractivity contribution is -0.111. The van der Waals surface area contributed by atoms with E-state index in [1.54, 1.807) is 24.5 Å². The standard InChI is InChI=1S/C17H19NO3/c1-13(2)21-12-14-5-3-6-15(11-14)18-17(19)9-8-16-7-4-10-20-16/h3-11,13H,12H2,1-2H3,(H,18,19). The lowest BCUT2D eigenvalue weighted by Crippen LogP contribution is -2.08. The Morgan fingerprint density at radius 3 is 2.90 bits per heavy atom. The van der Waals surface area contributed by atoms with Gasteiger partial charge in [-0.3, -0.25) is 4.79 Å². The van der Waals surface area contributed by atoms with Gasteiger partial charge in [-0.1, -0.05) is 12.1 Å². The summed E-state index contributed by atoms with van der Waals surface area (Å²) in [5.74, 6) is 0.442. The highest BCUT2D eigenvalue weighted by atomic mass is 16.5. The Morgan fingerprint density at radius 1 is 1.33 bits per heavy atom. The molecule has 0 fully saturated rings. The maximum atomic E-state index is 11.8. The molecule has 1 aromatic carbocycles. The Hall–Kier alpha value is -2.33. The second-order valence-corrected chi connectivity index (χ2v) is 4.90. The normalized spacial score (nSPS) is 11.2. The van der Waals surface area contributed by atoms with E-state index in [1.807, 2.05) is 38.1 Å². The van der Waals surface area contributed by atoms with Crippen molar-refractivity contribution in [1.82, 2.24) is 0 Å². The fraction of sp³-hybridized carbons (Fsp3) is 0.235. The molecule has 0 aliphatic carbocycles. The van der Waals surface area contributed by atoms with Crippen LogP contribution in [0.4, 0.5) is 5.69 Å². The molecule has 2 rings (SSSR count). The summed E-state index contributed by atoms with van der Waals surface area (Å²) in [7, 11) is 0. The number of furan rings is 1. The monoisotopic (exact) mass is 285 g/mol. The van der Waals surface area contributed by atoms with E-state index in [4.69, 9.17) is 9.15 Å². The van der Waals surface area contributed by atoms with E-state index in [2.05, 4.69) is 5.32 Å². The average molecular weight is 285 g/mol. The van der Waals surface area contributed by atoms with Gasteiger partial charge in [0.25, 0.3) is 0 Å². The van der Waals surface area contributed by atoms with Crippen molar-refractivity contribution in [2.45, 2.75) is 26.6 Å². The van der Waals surface area contributed by atoms with Crippen molar-refractivity contribution in [3.8, 4) is 0 Å². The number of nitrogens with one attached hydrogen (secondary N) is 1. The summed E-state index contributed by atoms with van der Waals surface area (Å²) in [6.45, 7) is 4.51. The van der Waals surface area contributed by atoms with E-state index >= 15 is 0 Å². The topological polar surface area (TPSA) is 51.5 Å². The van der Waals surface area contributed by atoms with Gasteiger partial charge in [0.2, 0.25) is 5.91 Å². The fourth-order valence-corrected chi connectivity index (χ4v) is 1.73. The molecule has 1 aromatic heterocycles. The van der Waals surface area contributed by atoms with Gasteiger partial charge in [0.15, 0.2) is 0 Å². The number of ether oxygens (including phenoxy) is 1. The first kappa shape index (κ1) is 15.1. The second kappa shape index (κ2) is 7.45. The molecular formula is C17H19NO3. The van der Waals surface area contributed by atoms with Crippen molar-refractivity contribution in [3.05, 3.63) is 60.1 Å². The van der Waals surface area contributed by atoms with Crippen molar-refractivity contribution in [1.29, 1.82) is 0 Å². The minimum absolute atomic E-state index is 0.180. The molecular weight excluding hydrogens is 266 g/mol. The van der Waals surface area contributed by atoms with Crippen LogP contribution in [0.3, 0.4) is 0 Å². The zero-order chi connectivity index (χ0) is 15.1. The number of anilines is 1. The number of hydrogen-bond acceptors (Lipinski definition) is 3. The number of rotatable bonds is 6. The molecule has 0 unspecified atom stereocenters. The van der Waals surface area contributed by atoms with Crippen LogP contribution in [0, 0.1) is 0 Å². The van der Waals surface area contributed by atoms with Crippen LogP contribution >= 0.6 is 0 Å². The summed E-state index contributed by atoms with van der Waals surface area (Å²) in [4.78, 5) is 11.8. The van der Waals surface area contributed by atoms with Crippen molar-refractivity contribution in [2.24, 2.45) is 0 Å². The predicted molar refractivity (Wildman–Crippen MR) is 82.7 cm³/mol. The Balaban J connectivity index is 1.92. The predicted octanol–water partition coefficient (Wildman–Crippen LogP) is 3.86. The molecule has 0 spiro atoms. The fourth-order valence-electron chi connectivity index (χ4n) is 1.73. The van der Waals surface area contributed by atoms with Gasteiger partial charge in [0.05, 0.1) is 19.0 Å². The number of hydrogen-bond donors (Lipinski definition) is 1. The van der Waals surface area contributed by atoms with E-state index in [-0.39, 0.29) is 12.0 Å². The van der Waals surface area contributed by atoms with Gasteiger partial charge in [-0.05, 0) is 49.8 Å². The van der Waals surface area contributed by atoms with Gasteiger partial charge >= 0.3 is 0 Å². The molecule has 0 aliphatic heterocycles. The van der Waals surface area contributed by atoms with E-state index in [0.29, 0.717) is 12.4 Å². The molecule has 1 heterocycles. The van der Waals surface area contributed by atoms with Crippen molar-refractivity contribution >= 4 is 17.7 Å². The van der Waals surface area contributed by atoms with Crippen LogP contribution in [0.2, 0.25) is 0 Å². The molecule has 2 aromatic rings. The van der Waals surface area contributed by atoms with Crippen molar-refractivity contribution in [3.63, 3.8) is 0 Å². The molecule has 0 atom stereocenters. The van der Waals surface area contributed by atoms with Crippen LogP contribution in [0.25, 0.3) is 6.08 Å². The maximum Gasteiger partial charge on any atom is 0.248 e. The first-order chi connectivity index (χ1) is 10.1. The minimum Gasteiger partial charge on any atom is -0.465 e. The summed E-state index contributed by atoms with van der Waals surface area (Å²) in [5.41, 5.74) is 1.77. The van der Waals surface area contributed by atoms with Crippen LogP contribution < -0.4 is 5.32 Å². The summed E-state index contributed by atoms with van der Waals surface area (Å²) >= 11 is 0. The van der Waals surface area contributed by atoms with Crippen LogP contribution in [0.5, 0.6) is 0 Å². The van der Waals surface area contributed by atoms with E-state index in [1.165, 1.54) is 6.08 Å². The molecule has 0 aliphatic rings. The number of amides is 1. The highest BCUT2D eigenvalue weighted by Gasteiger charge is 2.01. The summed E-state index contributed by atoms with van der Waals surface area (Å²) in [6.07, 6.45) is 4.81. The molecule has 21 heavy (non-hydrogen) atoms. The zero-order valence-electron chi connectivity index (χ0n) is 12.2. The van der Waals surface area contributed by atoms with E-state index < -0.39 is 0 Å². The smallest absolute Gasteiger partial charge is 0.248 e. The third-order valence-electron chi connectivity index (χ3n) is 2.72. The Labute approximate surface area is 124 Å². The SMILES string of the molecule is CC(C)OCc1cccc(NC(=O)C=Cc2ccco2)c1. The molecule has 110 valence electrons. The Kier molecular flexibility index (Phi) is 5.35. The molecule has 0 saturated carbocycles. The van der Waals surface area contributed by atoms with Crippen molar-refractivity contribution < 1.29 is 13.9 Å². The quantitative estimate of drug-likeness (QED) is 0.820. The van der Waals surface area contributed by atoms with Gasteiger partial charge in [-0.25, -0.2) is 0 Å². The minimum atomic E-state index is -0.201. The molecule has 4 nitrogen and oxygen atoms in total. The average Bonchev–Trinajstić information content (AvgIpc) is 2.97. The van der Waals surface area contributed by atoms with Gasteiger partial charge in [0, 0.05) is 11.8 Å². The van der Waals surface area contributed by atoms with Gasteiger partial charge in [-0.15, -0.1) is 0 Å². The molecule has 1 N–H and O–H groups in total. The summed E-state index contributed by atoms with van der Waals surface area (Å²) < 4.78 is 10.7. The number of benzene rings is 1. The third kappa shape index (κ3) is 5.28. The molecule has 0 radical (unpaired) electrons. The molecule has 0 bridgehead atoms. The Morgan fingerprint density at radius 2 is 2.19 bits per heavy atom. The van der Waals surface area contributed by atoms with E-state index in [9.17, 15) is 4.79 Å². The summed E-state index contributed by atoms with van der Waals surface area (Å²) in [6, 6.07) is 11.2. The Bertz CT molecular complexity index is 600. The van der Waals surface area contributed by atoms with Crippen molar-refractivity contribution in [2.75, 3.05) is 5.32 Å². The van der Waals surface area contributed by atoms with E-state index in [0.717, 1.165) is 11.3 Å². The van der Waals surface area contributed by atoms with Crippen LogP contribution in [0.15, 0.2) is 53.2 Å². The zero-order valence-corrected chi connectivity index (χ0v) is 12.2. The lowest BCUT2D eigenvalue weighted by Gasteiger charge is -2.09. The second-order valence-electron chi connectivity index (χ2n) is 4.90. The van der Waals surface area contributed by atoms with Crippen LogP contribution in [-0.4, -0.2) is 12.0 Å². The highest BCUT2D eigenvalue weighted by molar-refractivity contribution is 6.01. The van der Waals surface area contributed by atoms with Gasteiger partial charge < -0.3 is 14.5 Å². The van der Waals surface area contributed by atoms with Crippen LogP contribution in [0.1, 0.15) is 25.2 Å². The third-order valence-corrected chi connectivity index (χ3v) is 2.72. The summed E-state index contributed by atoms with van der Waals surface area (Å²) in [5, 5.41) is 2.81. The van der Waals surface area contributed by atoms with Crippen LogP contribution in [-0.2, 0) is 16.1 Å². The number of carbonyl (C=O) groups excluding carboxylic acids is 1. The highest BCUT2D eigenvalue weighted by Crippen LogP contribution is 2.12. The van der Waals surface area contributed by atoms with Gasteiger partial charge in [0.1, 0.15) is 5.76 Å². The first-order valence-electron chi connectivity index (χ1n) is 6.86. The number of carbonyl (C=O) groups is 1. The first-order valence-corrected chi connectivity index (χ1v) is 6.86. The van der Waals surface area contributed by atoms with Gasteiger partial charge in [-0.2, -0.15) is 0 Å². The molecule has 1 amide bonds. The molecule has 0 saturated heterocycles.